The second-order valence-electron chi connectivity index (χ2n) is 9.67. The fourth-order valence-electron chi connectivity index (χ4n) is 4.33. The molecule has 4 nitrogen and oxygen atoms in total. The maximum atomic E-state index is 13.0. The molecule has 0 amide bonds. The molecule has 0 aliphatic heterocycles. The van der Waals surface area contributed by atoms with Gasteiger partial charge in [-0.15, -0.1) is 0 Å². The fourth-order valence-corrected chi connectivity index (χ4v) is 5.52. The summed E-state index contributed by atoms with van der Waals surface area (Å²) in [5.74, 6) is -1.99. The Morgan fingerprint density at radius 2 is 1.36 bits per heavy atom. The van der Waals surface area contributed by atoms with Crippen LogP contribution in [0.5, 0.6) is 23.0 Å². The first-order chi connectivity index (χ1) is 20.1. The Labute approximate surface area is 243 Å². The van der Waals surface area contributed by atoms with Crippen molar-refractivity contribution in [3.05, 3.63) is 84.9 Å². The van der Waals surface area contributed by atoms with Gasteiger partial charge in [-0.2, -0.15) is 22.0 Å². The predicted octanol–water partition coefficient (Wildman–Crippen LogP) is 9.19. The molecular weight excluding hydrogens is 575 g/mol. The standard InChI is InChI=1S/C32H31F5O4S/c1-39-25-12-9-24(10-13-25)29-18-11-23-7-2-3-8-28(23)30(29)41-27-16-14-26(15-17-27)40-20-4-5-21-42(38)22-6-19-31(33,34)32(35,36)37/h2-3,7-18H,4-6,19-22H2,1H3. The molecule has 0 bridgehead atoms. The molecule has 224 valence electrons. The third-order valence-electron chi connectivity index (χ3n) is 6.64. The van der Waals surface area contributed by atoms with Gasteiger partial charge in [0.15, 0.2) is 0 Å². The van der Waals surface area contributed by atoms with E-state index >= 15 is 0 Å². The Morgan fingerprint density at radius 1 is 0.714 bits per heavy atom. The van der Waals surface area contributed by atoms with Crippen molar-refractivity contribution >= 4 is 21.6 Å². The van der Waals surface area contributed by atoms with Crippen LogP contribution >= 0.6 is 0 Å². The van der Waals surface area contributed by atoms with E-state index in [1.54, 1.807) is 31.4 Å². The number of ether oxygens (including phenoxy) is 3. The number of hydrogen-bond acceptors (Lipinski definition) is 4. The first-order valence-corrected chi connectivity index (χ1v) is 14.9. The lowest BCUT2D eigenvalue weighted by atomic mass is 9.99. The van der Waals surface area contributed by atoms with Gasteiger partial charge >= 0.3 is 12.1 Å². The second kappa shape index (κ2) is 14.0. The van der Waals surface area contributed by atoms with Gasteiger partial charge in [-0.25, -0.2) is 0 Å². The van der Waals surface area contributed by atoms with Gasteiger partial charge in [0.1, 0.15) is 23.0 Å². The molecule has 0 spiro atoms. The van der Waals surface area contributed by atoms with Crippen LogP contribution in [0, 0.1) is 0 Å². The number of methoxy groups -OCH3 is 1. The van der Waals surface area contributed by atoms with Crippen molar-refractivity contribution in [3.63, 3.8) is 0 Å². The van der Waals surface area contributed by atoms with Crippen LogP contribution in [0.4, 0.5) is 22.0 Å². The van der Waals surface area contributed by atoms with Crippen molar-refractivity contribution in [2.75, 3.05) is 25.2 Å². The minimum absolute atomic E-state index is 0.190. The van der Waals surface area contributed by atoms with Crippen LogP contribution in [-0.2, 0) is 10.8 Å². The molecular formula is C32H31F5O4S. The molecule has 4 aromatic rings. The summed E-state index contributed by atoms with van der Waals surface area (Å²) < 4.78 is 91.9. The van der Waals surface area contributed by atoms with Gasteiger partial charge in [-0.05, 0) is 72.7 Å². The first kappa shape index (κ1) is 31.3. The third kappa shape index (κ3) is 8.21. The number of hydrogen-bond donors (Lipinski definition) is 0. The maximum Gasteiger partial charge on any atom is 0.453 e. The van der Waals surface area contributed by atoms with Gasteiger partial charge in [-0.3, -0.25) is 4.21 Å². The van der Waals surface area contributed by atoms with Crippen molar-refractivity contribution in [3.8, 4) is 34.1 Å². The van der Waals surface area contributed by atoms with Gasteiger partial charge in [0.2, 0.25) is 0 Å². The van der Waals surface area contributed by atoms with Crippen molar-refractivity contribution in [1.29, 1.82) is 0 Å². The molecule has 0 heterocycles. The van der Waals surface area contributed by atoms with Crippen LogP contribution in [-0.4, -0.2) is 41.5 Å². The Morgan fingerprint density at radius 3 is 2.05 bits per heavy atom. The monoisotopic (exact) mass is 606 g/mol. The van der Waals surface area contributed by atoms with Crippen LogP contribution in [0.3, 0.4) is 0 Å². The van der Waals surface area contributed by atoms with E-state index in [9.17, 15) is 26.2 Å². The van der Waals surface area contributed by atoms with E-state index in [1.165, 1.54) is 0 Å². The zero-order valence-corrected chi connectivity index (χ0v) is 23.8. The molecule has 0 saturated carbocycles. The van der Waals surface area contributed by atoms with Crippen LogP contribution in [0.25, 0.3) is 21.9 Å². The molecule has 0 fully saturated rings. The average molecular weight is 607 g/mol. The molecule has 0 aromatic heterocycles. The van der Waals surface area contributed by atoms with E-state index < -0.39 is 35.7 Å². The number of rotatable bonds is 14. The summed E-state index contributed by atoms with van der Waals surface area (Å²) in [6.45, 7) is 0.342. The van der Waals surface area contributed by atoms with Crippen molar-refractivity contribution < 1.29 is 40.4 Å². The fraction of sp³-hybridized carbons (Fsp3) is 0.312. The molecule has 0 aliphatic rings. The molecule has 10 heteroatoms. The van der Waals surface area contributed by atoms with Crippen LogP contribution in [0.1, 0.15) is 25.7 Å². The van der Waals surface area contributed by atoms with E-state index in [4.69, 9.17) is 14.2 Å². The van der Waals surface area contributed by atoms with Crippen LogP contribution < -0.4 is 14.2 Å². The number of benzene rings is 4. The zero-order chi connectivity index (χ0) is 30.2. The minimum Gasteiger partial charge on any atom is -0.497 e. The number of fused-ring (bicyclic) bond motifs is 1. The maximum absolute atomic E-state index is 13.0. The number of unbranched alkanes of at least 4 members (excludes halogenated alkanes) is 1. The highest BCUT2D eigenvalue weighted by Gasteiger charge is 2.56. The lowest BCUT2D eigenvalue weighted by Gasteiger charge is -2.19. The van der Waals surface area contributed by atoms with Crippen molar-refractivity contribution in [2.45, 2.75) is 37.8 Å². The SMILES string of the molecule is COc1ccc(-c2ccc3ccccc3c2Oc2ccc(OCCCCS(=O)CCCC(F)(F)C(F)(F)F)cc2)cc1. The summed E-state index contributed by atoms with van der Waals surface area (Å²) in [5, 5.41) is 2.02. The molecule has 0 N–H and O–H groups in total. The highest BCUT2D eigenvalue weighted by atomic mass is 32.2. The number of halogens is 5. The smallest absolute Gasteiger partial charge is 0.453 e. The molecule has 1 unspecified atom stereocenters. The van der Waals surface area contributed by atoms with E-state index in [1.807, 2.05) is 54.6 Å². The Kier molecular flexibility index (Phi) is 10.4. The lowest BCUT2D eigenvalue weighted by Crippen LogP contribution is -2.36. The van der Waals surface area contributed by atoms with Gasteiger partial charge in [-0.1, -0.05) is 42.5 Å². The van der Waals surface area contributed by atoms with E-state index in [2.05, 4.69) is 6.07 Å². The molecule has 1 atom stereocenters. The molecule has 4 aromatic carbocycles. The van der Waals surface area contributed by atoms with Gasteiger partial charge in [0, 0.05) is 39.7 Å². The predicted molar refractivity (Wildman–Crippen MR) is 155 cm³/mol. The largest absolute Gasteiger partial charge is 0.497 e. The Balaban J connectivity index is 1.29. The molecule has 42 heavy (non-hydrogen) atoms. The summed E-state index contributed by atoms with van der Waals surface area (Å²) in [7, 11) is 0.164. The summed E-state index contributed by atoms with van der Waals surface area (Å²) in [4.78, 5) is 0. The second-order valence-corrected chi connectivity index (χ2v) is 11.4. The molecule has 0 aliphatic carbocycles. The lowest BCUT2D eigenvalue weighted by molar-refractivity contribution is -0.284. The summed E-state index contributed by atoms with van der Waals surface area (Å²) in [6, 6.07) is 27.0. The summed E-state index contributed by atoms with van der Waals surface area (Å²) in [5.41, 5.74) is 1.92. The van der Waals surface area contributed by atoms with E-state index in [0.29, 0.717) is 30.9 Å². The van der Waals surface area contributed by atoms with Crippen LogP contribution in [0.2, 0.25) is 0 Å². The highest BCUT2D eigenvalue weighted by Crippen LogP contribution is 2.41. The highest BCUT2D eigenvalue weighted by molar-refractivity contribution is 7.84. The zero-order valence-electron chi connectivity index (χ0n) is 23.0. The third-order valence-corrected chi connectivity index (χ3v) is 8.12. The average Bonchev–Trinajstić information content (AvgIpc) is 2.97. The summed E-state index contributed by atoms with van der Waals surface area (Å²) >= 11 is 0. The van der Waals surface area contributed by atoms with Gasteiger partial charge in [0.05, 0.1) is 13.7 Å². The normalized spacial score (nSPS) is 12.7. The Bertz CT molecular complexity index is 1470. The van der Waals surface area contributed by atoms with Gasteiger partial charge in [0.25, 0.3) is 0 Å². The van der Waals surface area contributed by atoms with Crippen molar-refractivity contribution in [1.82, 2.24) is 0 Å². The molecule has 0 saturated heterocycles. The first-order valence-electron chi connectivity index (χ1n) is 13.4. The molecule has 0 radical (unpaired) electrons. The number of alkyl halides is 5. The molecule has 4 rings (SSSR count). The van der Waals surface area contributed by atoms with Crippen LogP contribution in [0.15, 0.2) is 84.9 Å². The van der Waals surface area contributed by atoms with E-state index in [-0.39, 0.29) is 11.5 Å². The summed E-state index contributed by atoms with van der Waals surface area (Å²) in [6.07, 6.45) is -6.33. The Hall–Kier alpha value is -3.66. The minimum atomic E-state index is -5.58. The quantitative estimate of drug-likeness (QED) is 0.106. The topological polar surface area (TPSA) is 44.8 Å². The van der Waals surface area contributed by atoms with Crippen molar-refractivity contribution in [2.24, 2.45) is 0 Å². The van der Waals surface area contributed by atoms with E-state index in [0.717, 1.165) is 33.4 Å². The van der Waals surface area contributed by atoms with Gasteiger partial charge < -0.3 is 14.2 Å².